The van der Waals surface area contributed by atoms with E-state index in [9.17, 15) is 9.59 Å². The number of fused-ring (bicyclic) bond motifs is 1. The summed E-state index contributed by atoms with van der Waals surface area (Å²) in [6.07, 6.45) is 3.14. The molecule has 0 bridgehead atoms. The molecule has 5 heteroatoms. The molecule has 1 atom stereocenters. The van der Waals surface area contributed by atoms with Gasteiger partial charge in [0.1, 0.15) is 0 Å². The molecule has 0 aliphatic rings. The van der Waals surface area contributed by atoms with Gasteiger partial charge in [0.25, 0.3) is 0 Å². The van der Waals surface area contributed by atoms with Gasteiger partial charge in [0.2, 0.25) is 5.91 Å². The van der Waals surface area contributed by atoms with Gasteiger partial charge in [-0.25, -0.2) is 4.79 Å². The molecule has 1 heterocycles. The van der Waals surface area contributed by atoms with Crippen molar-refractivity contribution in [3.8, 4) is 0 Å². The summed E-state index contributed by atoms with van der Waals surface area (Å²) in [5.74, 6) is 0.328. The topological polar surface area (TPSA) is 64.2 Å². The highest BCUT2D eigenvalue weighted by Crippen LogP contribution is 2.12. The molecule has 126 valence electrons. The van der Waals surface area contributed by atoms with Crippen LogP contribution in [0.15, 0.2) is 33.5 Å². The number of amides is 1. The van der Waals surface area contributed by atoms with Gasteiger partial charge in [-0.05, 0) is 44.2 Å². The molecule has 1 N–H and O–H groups in total. The van der Waals surface area contributed by atoms with Crippen molar-refractivity contribution in [2.75, 3.05) is 0 Å². The zero-order valence-electron chi connectivity index (χ0n) is 14.2. The number of rotatable bonds is 8. The van der Waals surface area contributed by atoms with E-state index in [1.807, 2.05) is 25.1 Å². The maximum Gasteiger partial charge on any atom is 0.419 e. The smallest absolute Gasteiger partial charge is 0.408 e. The lowest BCUT2D eigenvalue weighted by Gasteiger charge is -2.15. The van der Waals surface area contributed by atoms with Crippen molar-refractivity contribution in [3.05, 3.63) is 34.8 Å². The third-order valence-electron chi connectivity index (χ3n) is 3.94. The SMILES string of the molecule is CC(C)CCC(C)NC(=O)CCCn1c(=O)oc2ccccc21. The largest absolute Gasteiger partial charge is 0.419 e. The summed E-state index contributed by atoms with van der Waals surface area (Å²) in [6, 6.07) is 7.53. The zero-order valence-corrected chi connectivity index (χ0v) is 14.2. The Morgan fingerprint density at radius 2 is 1.96 bits per heavy atom. The van der Waals surface area contributed by atoms with Gasteiger partial charge in [0.05, 0.1) is 5.52 Å². The predicted molar refractivity (Wildman–Crippen MR) is 91.4 cm³/mol. The fraction of sp³-hybridized carbons (Fsp3) is 0.556. The van der Waals surface area contributed by atoms with E-state index >= 15 is 0 Å². The number of carbonyl (C=O) groups is 1. The normalized spacial score (nSPS) is 12.7. The van der Waals surface area contributed by atoms with Crippen molar-refractivity contribution in [1.29, 1.82) is 0 Å². The molecule has 1 aromatic carbocycles. The molecule has 2 rings (SSSR count). The fourth-order valence-corrected chi connectivity index (χ4v) is 2.63. The third kappa shape index (κ3) is 4.98. The lowest BCUT2D eigenvalue weighted by molar-refractivity contribution is -0.121. The first-order valence-electron chi connectivity index (χ1n) is 8.35. The molecule has 5 nitrogen and oxygen atoms in total. The molecule has 0 spiro atoms. The molecule has 0 fully saturated rings. The number of para-hydroxylation sites is 2. The van der Waals surface area contributed by atoms with Crippen LogP contribution in [0.5, 0.6) is 0 Å². The molecule has 1 unspecified atom stereocenters. The Kier molecular flexibility index (Phi) is 6.02. The Bertz CT molecular complexity index is 700. The van der Waals surface area contributed by atoms with Crippen molar-refractivity contribution < 1.29 is 9.21 Å². The van der Waals surface area contributed by atoms with Crippen LogP contribution in [0.3, 0.4) is 0 Å². The quantitative estimate of drug-likeness (QED) is 0.812. The molecular formula is C18H26N2O3. The monoisotopic (exact) mass is 318 g/mol. The molecule has 0 aliphatic heterocycles. The summed E-state index contributed by atoms with van der Waals surface area (Å²) in [5, 5.41) is 3.02. The average molecular weight is 318 g/mol. The molecule has 0 saturated heterocycles. The molecule has 0 aliphatic carbocycles. The van der Waals surface area contributed by atoms with Crippen molar-refractivity contribution >= 4 is 17.0 Å². The fourth-order valence-electron chi connectivity index (χ4n) is 2.63. The molecular weight excluding hydrogens is 292 g/mol. The van der Waals surface area contributed by atoms with Gasteiger partial charge in [-0.3, -0.25) is 9.36 Å². The maximum absolute atomic E-state index is 12.0. The number of nitrogens with one attached hydrogen (secondary N) is 1. The molecule has 1 aromatic heterocycles. The van der Waals surface area contributed by atoms with Crippen LogP contribution in [0, 0.1) is 5.92 Å². The summed E-state index contributed by atoms with van der Waals surface area (Å²) >= 11 is 0. The van der Waals surface area contributed by atoms with E-state index in [1.165, 1.54) is 0 Å². The van der Waals surface area contributed by atoms with Crippen molar-refractivity contribution in [3.63, 3.8) is 0 Å². The number of hydrogen-bond acceptors (Lipinski definition) is 3. The first-order chi connectivity index (χ1) is 11.0. The van der Waals surface area contributed by atoms with Gasteiger partial charge >= 0.3 is 5.76 Å². The molecule has 0 radical (unpaired) electrons. The number of nitrogens with zero attached hydrogens (tertiary/aromatic N) is 1. The Morgan fingerprint density at radius 3 is 2.70 bits per heavy atom. The number of aryl methyl sites for hydroxylation is 1. The van der Waals surface area contributed by atoms with Crippen LogP contribution in [0.25, 0.3) is 11.1 Å². The maximum atomic E-state index is 12.0. The summed E-state index contributed by atoms with van der Waals surface area (Å²) < 4.78 is 6.77. The second kappa shape index (κ2) is 7.99. The highest BCUT2D eigenvalue weighted by atomic mass is 16.4. The molecule has 1 amide bonds. The van der Waals surface area contributed by atoms with Crippen molar-refractivity contribution in [2.45, 2.75) is 59.0 Å². The lowest BCUT2D eigenvalue weighted by atomic mass is 10.0. The van der Waals surface area contributed by atoms with E-state index in [0.717, 1.165) is 18.4 Å². The van der Waals surface area contributed by atoms with Crippen molar-refractivity contribution in [2.24, 2.45) is 5.92 Å². The standard InChI is InChI=1S/C18H26N2O3/c1-13(2)10-11-14(3)19-17(21)9-6-12-20-15-7-4-5-8-16(15)23-18(20)22/h4-5,7-8,13-14H,6,9-12H2,1-3H3,(H,19,21). The van der Waals surface area contributed by atoms with Gasteiger partial charge in [0, 0.05) is 19.0 Å². The lowest BCUT2D eigenvalue weighted by Crippen LogP contribution is -2.32. The first kappa shape index (κ1) is 17.3. The van der Waals surface area contributed by atoms with E-state index in [0.29, 0.717) is 30.9 Å². The number of hydrogen-bond donors (Lipinski definition) is 1. The van der Waals surface area contributed by atoms with Crippen LogP contribution < -0.4 is 11.1 Å². The van der Waals surface area contributed by atoms with Crippen LogP contribution in [0.1, 0.15) is 46.5 Å². The summed E-state index contributed by atoms with van der Waals surface area (Å²) in [4.78, 5) is 23.8. The van der Waals surface area contributed by atoms with Gasteiger partial charge in [-0.2, -0.15) is 0 Å². The molecule has 23 heavy (non-hydrogen) atoms. The van der Waals surface area contributed by atoms with Gasteiger partial charge in [0.15, 0.2) is 5.58 Å². The Hall–Kier alpha value is -2.04. The number of aromatic nitrogens is 1. The minimum Gasteiger partial charge on any atom is -0.408 e. The average Bonchev–Trinajstić information content (AvgIpc) is 2.81. The Balaban J connectivity index is 1.81. The second-order valence-corrected chi connectivity index (χ2v) is 6.53. The minimum absolute atomic E-state index is 0.0436. The minimum atomic E-state index is -0.364. The molecule has 2 aromatic rings. The van der Waals surface area contributed by atoms with E-state index in [2.05, 4.69) is 19.2 Å². The van der Waals surface area contributed by atoms with Gasteiger partial charge in [-0.1, -0.05) is 26.0 Å². The third-order valence-corrected chi connectivity index (χ3v) is 3.94. The van der Waals surface area contributed by atoms with Gasteiger partial charge in [-0.15, -0.1) is 0 Å². The number of oxazole rings is 1. The molecule has 0 saturated carbocycles. The predicted octanol–water partition coefficient (Wildman–Crippen LogP) is 3.32. The van der Waals surface area contributed by atoms with Gasteiger partial charge < -0.3 is 9.73 Å². The van der Waals surface area contributed by atoms with Crippen LogP contribution in [0.2, 0.25) is 0 Å². The van der Waals surface area contributed by atoms with E-state index in [1.54, 1.807) is 10.6 Å². The Labute approximate surface area is 136 Å². The van der Waals surface area contributed by atoms with Crippen LogP contribution in [-0.4, -0.2) is 16.5 Å². The zero-order chi connectivity index (χ0) is 16.8. The Morgan fingerprint density at radius 1 is 1.22 bits per heavy atom. The van der Waals surface area contributed by atoms with Crippen LogP contribution in [0.4, 0.5) is 0 Å². The second-order valence-electron chi connectivity index (χ2n) is 6.53. The van der Waals surface area contributed by atoms with E-state index in [-0.39, 0.29) is 17.7 Å². The first-order valence-corrected chi connectivity index (χ1v) is 8.35. The van der Waals surface area contributed by atoms with Crippen LogP contribution in [-0.2, 0) is 11.3 Å². The highest BCUT2D eigenvalue weighted by molar-refractivity contribution is 5.76. The van der Waals surface area contributed by atoms with Crippen LogP contribution >= 0.6 is 0 Å². The number of benzene rings is 1. The summed E-state index contributed by atoms with van der Waals surface area (Å²) in [5.41, 5.74) is 1.37. The summed E-state index contributed by atoms with van der Waals surface area (Å²) in [7, 11) is 0. The van der Waals surface area contributed by atoms with E-state index < -0.39 is 0 Å². The number of carbonyl (C=O) groups excluding carboxylic acids is 1. The van der Waals surface area contributed by atoms with E-state index in [4.69, 9.17) is 4.42 Å². The highest BCUT2D eigenvalue weighted by Gasteiger charge is 2.11. The van der Waals surface area contributed by atoms with Crippen molar-refractivity contribution in [1.82, 2.24) is 9.88 Å². The summed E-state index contributed by atoms with van der Waals surface area (Å²) in [6.45, 7) is 6.89.